The van der Waals surface area contributed by atoms with Gasteiger partial charge in [0.2, 0.25) is 0 Å². The van der Waals surface area contributed by atoms with Crippen molar-refractivity contribution in [3.05, 3.63) is 52.6 Å². The fraction of sp³-hybridized carbons (Fsp3) is 0.0909. The molecule has 0 spiro atoms. The van der Waals surface area contributed by atoms with Crippen molar-refractivity contribution in [3.8, 4) is 0 Å². The number of rotatable bonds is 2. The van der Waals surface area contributed by atoms with E-state index in [1.54, 1.807) is 11.3 Å². The second kappa shape index (κ2) is 5.48. The summed E-state index contributed by atoms with van der Waals surface area (Å²) >= 11 is 10.9. The first-order valence-corrected chi connectivity index (χ1v) is 8.02. The van der Waals surface area contributed by atoms with Crippen LogP contribution < -0.4 is 5.73 Å². The number of halogens is 3. The van der Waals surface area contributed by atoms with E-state index in [-0.39, 0.29) is 6.04 Å². The number of thiophene rings is 1. The van der Waals surface area contributed by atoms with Crippen molar-refractivity contribution in [1.29, 1.82) is 0 Å². The van der Waals surface area contributed by atoms with Gasteiger partial charge in [-0.25, -0.2) is 0 Å². The Balaban J connectivity index is 2.35. The fourth-order valence-corrected chi connectivity index (χ4v) is 4.07. The minimum absolute atomic E-state index is 0.0534. The summed E-state index contributed by atoms with van der Waals surface area (Å²) in [5.41, 5.74) is 7.38. The van der Waals surface area contributed by atoms with E-state index in [1.165, 1.54) is 3.57 Å². The first-order valence-electron chi connectivity index (χ1n) is 4.53. The van der Waals surface area contributed by atoms with Gasteiger partial charge in [-0.05, 0) is 78.2 Å². The molecule has 84 valence electrons. The van der Waals surface area contributed by atoms with Gasteiger partial charge in [0.15, 0.2) is 0 Å². The minimum Gasteiger partial charge on any atom is -0.320 e. The van der Waals surface area contributed by atoms with Gasteiger partial charge in [-0.3, -0.25) is 0 Å². The third-order valence-corrected chi connectivity index (χ3v) is 6.19. The van der Waals surface area contributed by atoms with Crippen LogP contribution in [0, 0.1) is 3.57 Å². The first-order chi connectivity index (χ1) is 7.58. The predicted molar refractivity (Wildman–Crippen MR) is 84.9 cm³/mol. The summed E-state index contributed by atoms with van der Waals surface area (Å²) < 4.78 is 3.36. The van der Waals surface area contributed by atoms with Crippen molar-refractivity contribution in [3.63, 3.8) is 0 Å². The standard InChI is InChI=1S/C11H8Br2INS/c12-8-5-9(16-11(8)13)10(15)6-2-1-3-7(14)4-6/h1-5,10H,15H2. The molecule has 1 heterocycles. The smallest absolute Gasteiger partial charge is 0.0843 e. The minimum atomic E-state index is -0.0534. The number of hydrogen-bond donors (Lipinski definition) is 1. The van der Waals surface area contributed by atoms with E-state index in [4.69, 9.17) is 5.73 Å². The topological polar surface area (TPSA) is 26.0 Å². The van der Waals surface area contributed by atoms with Crippen molar-refractivity contribution in [2.75, 3.05) is 0 Å². The van der Waals surface area contributed by atoms with E-state index in [1.807, 2.05) is 6.07 Å². The molecule has 0 saturated heterocycles. The summed E-state index contributed by atoms with van der Waals surface area (Å²) in [5, 5.41) is 0. The Labute approximate surface area is 129 Å². The van der Waals surface area contributed by atoms with Gasteiger partial charge in [-0.15, -0.1) is 11.3 Å². The molecular weight excluding hydrogens is 465 g/mol. The molecule has 2 aromatic rings. The normalized spacial score (nSPS) is 12.8. The van der Waals surface area contributed by atoms with Crippen LogP contribution in [0.15, 0.2) is 38.6 Å². The molecule has 1 nitrogen and oxygen atoms in total. The van der Waals surface area contributed by atoms with E-state index >= 15 is 0 Å². The molecule has 0 bridgehead atoms. The molecule has 16 heavy (non-hydrogen) atoms. The van der Waals surface area contributed by atoms with Crippen LogP contribution in [-0.2, 0) is 0 Å². The molecule has 1 atom stereocenters. The maximum absolute atomic E-state index is 6.23. The summed E-state index contributed by atoms with van der Waals surface area (Å²) in [6.07, 6.45) is 0. The maximum Gasteiger partial charge on any atom is 0.0843 e. The molecule has 0 saturated carbocycles. The Morgan fingerprint density at radius 2 is 2.00 bits per heavy atom. The zero-order valence-corrected chi connectivity index (χ0v) is 14.2. The lowest BCUT2D eigenvalue weighted by atomic mass is 10.1. The Bertz CT molecular complexity index is 493. The second-order valence-electron chi connectivity index (χ2n) is 3.30. The van der Waals surface area contributed by atoms with Crippen molar-refractivity contribution < 1.29 is 0 Å². The quantitative estimate of drug-likeness (QED) is 0.616. The van der Waals surface area contributed by atoms with Crippen LogP contribution in [0.1, 0.15) is 16.5 Å². The summed E-state index contributed by atoms with van der Waals surface area (Å²) in [4.78, 5) is 1.15. The molecule has 0 fully saturated rings. The van der Waals surface area contributed by atoms with Crippen LogP contribution in [0.3, 0.4) is 0 Å². The highest BCUT2D eigenvalue weighted by Crippen LogP contribution is 2.36. The van der Waals surface area contributed by atoms with Crippen molar-refractivity contribution in [2.24, 2.45) is 5.73 Å². The zero-order valence-electron chi connectivity index (χ0n) is 8.08. The van der Waals surface area contributed by atoms with Gasteiger partial charge < -0.3 is 5.73 Å². The second-order valence-corrected chi connectivity index (χ2v) is 7.80. The van der Waals surface area contributed by atoms with Gasteiger partial charge in [-0.1, -0.05) is 12.1 Å². The Kier molecular flexibility index (Phi) is 4.45. The van der Waals surface area contributed by atoms with Crippen LogP contribution >= 0.6 is 65.8 Å². The highest BCUT2D eigenvalue weighted by Gasteiger charge is 2.13. The monoisotopic (exact) mass is 471 g/mol. The molecule has 0 amide bonds. The van der Waals surface area contributed by atoms with E-state index in [0.29, 0.717) is 0 Å². The largest absolute Gasteiger partial charge is 0.320 e. The Hall–Kier alpha value is 0.570. The summed E-state index contributed by atoms with van der Waals surface area (Å²) in [5.74, 6) is 0. The van der Waals surface area contributed by atoms with Crippen LogP contribution in [0.2, 0.25) is 0 Å². The van der Waals surface area contributed by atoms with Crippen LogP contribution in [0.5, 0.6) is 0 Å². The van der Waals surface area contributed by atoms with Crippen molar-refractivity contribution in [2.45, 2.75) is 6.04 Å². The lowest BCUT2D eigenvalue weighted by molar-refractivity contribution is 0.892. The average molecular weight is 473 g/mol. The molecule has 1 aromatic carbocycles. The van der Waals surface area contributed by atoms with Gasteiger partial charge >= 0.3 is 0 Å². The van der Waals surface area contributed by atoms with E-state index < -0.39 is 0 Å². The van der Waals surface area contributed by atoms with Gasteiger partial charge in [0, 0.05) is 12.9 Å². The number of benzene rings is 1. The molecule has 0 aliphatic rings. The molecule has 1 unspecified atom stereocenters. The lowest BCUT2D eigenvalue weighted by Gasteiger charge is -2.09. The molecule has 2 rings (SSSR count). The summed E-state index contributed by atoms with van der Waals surface area (Å²) in [7, 11) is 0. The van der Waals surface area contributed by atoms with Gasteiger partial charge in [0.25, 0.3) is 0 Å². The summed E-state index contributed by atoms with van der Waals surface area (Å²) in [6, 6.07) is 10.3. The molecule has 0 aliphatic heterocycles. The highest BCUT2D eigenvalue weighted by atomic mass is 127. The fourth-order valence-electron chi connectivity index (χ4n) is 1.38. The van der Waals surface area contributed by atoms with Gasteiger partial charge in [0.05, 0.1) is 9.83 Å². The van der Waals surface area contributed by atoms with E-state index in [9.17, 15) is 0 Å². The molecule has 1 aromatic heterocycles. The zero-order chi connectivity index (χ0) is 11.7. The Morgan fingerprint density at radius 3 is 2.56 bits per heavy atom. The molecular formula is C11H8Br2INS. The number of nitrogens with two attached hydrogens (primary N) is 1. The SMILES string of the molecule is NC(c1cccc(I)c1)c1cc(Br)c(Br)s1. The molecule has 0 radical (unpaired) electrons. The van der Waals surface area contributed by atoms with Crippen LogP contribution in [0.25, 0.3) is 0 Å². The Morgan fingerprint density at radius 1 is 1.25 bits per heavy atom. The average Bonchev–Trinajstić information content (AvgIpc) is 2.58. The third kappa shape index (κ3) is 2.87. The van der Waals surface area contributed by atoms with Gasteiger partial charge in [-0.2, -0.15) is 0 Å². The van der Waals surface area contributed by atoms with Gasteiger partial charge in [0.1, 0.15) is 0 Å². The molecule has 0 aliphatic carbocycles. The molecule has 5 heteroatoms. The van der Waals surface area contributed by atoms with E-state index in [0.717, 1.165) is 18.7 Å². The van der Waals surface area contributed by atoms with Crippen molar-refractivity contribution >= 4 is 65.8 Å². The van der Waals surface area contributed by atoms with Crippen molar-refractivity contribution in [1.82, 2.24) is 0 Å². The van der Waals surface area contributed by atoms with Crippen LogP contribution in [-0.4, -0.2) is 0 Å². The highest BCUT2D eigenvalue weighted by molar-refractivity contribution is 14.1. The maximum atomic E-state index is 6.23. The number of hydrogen-bond acceptors (Lipinski definition) is 2. The summed E-state index contributed by atoms with van der Waals surface area (Å²) in [6.45, 7) is 0. The lowest BCUT2D eigenvalue weighted by Crippen LogP contribution is -2.10. The predicted octanol–water partition coefficient (Wildman–Crippen LogP) is 4.93. The van der Waals surface area contributed by atoms with Crippen LogP contribution in [0.4, 0.5) is 0 Å². The third-order valence-electron chi connectivity index (χ3n) is 2.18. The molecule has 2 N–H and O–H groups in total. The first kappa shape index (κ1) is 13.0. The van der Waals surface area contributed by atoms with E-state index in [2.05, 4.69) is 78.7 Å².